The first kappa shape index (κ1) is 22.0. The predicted molar refractivity (Wildman–Crippen MR) is 114 cm³/mol. The number of hydrogen-bond acceptors (Lipinski definition) is 3. The van der Waals surface area contributed by atoms with Crippen LogP contribution in [-0.4, -0.2) is 51.9 Å². The van der Waals surface area contributed by atoms with Crippen LogP contribution in [0.3, 0.4) is 0 Å². The maximum Gasteiger partial charge on any atom is 0.416 e. The van der Waals surface area contributed by atoms with Crippen molar-refractivity contribution in [2.75, 3.05) is 25.4 Å². The number of nitrogens with zero attached hydrogens (tertiary/aromatic N) is 2. The number of amides is 2. The van der Waals surface area contributed by atoms with Gasteiger partial charge in [-0.05, 0) is 43.2 Å². The molecular weight excluding hydrogens is 449 g/mol. The summed E-state index contributed by atoms with van der Waals surface area (Å²) in [6, 6.07) is 11.4. The molecule has 2 aromatic carbocycles. The Kier molecular flexibility index (Phi) is 5.96. The quantitative estimate of drug-likeness (QED) is 0.609. The molecule has 0 aliphatic carbocycles. The van der Waals surface area contributed by atoms with E-state index in [2.05, 4.69) is 0 Å². The summed E-state index contributed by atoms with van der Waals surface area (Å²) in [7, 11) is 0. The van der Waals surface area contributed by atoms with Gasteiger partial charge in [0.2, 0.25) is 0 Å². The Hall–Kier alpha value is -2.19. The van der Waals surface area contributed by atoms with E-state index in [1.165, 1.54) is 12.1 Å². The molecule has 0 saturated carbocycles. The lowest BCUT2D eigenvalue weighted by Crippen LogP contribution is -2.53. The number of carbonyl (C=O) groups excluding carboxylic acids is 2. The summed E-state index contributed by atoms with van der Waals surface area (Å²) in [4.78, 5) is 28.9. The van der Waals surface area contributed by atoms with Crippen LogP contribution in [0.5, 0.6) is 0 Å². The van der Waals surface area contributed by atoms with Gasteiger partial charge in [0.25, 0.3) is 11.8 Å². The van der Waals surface area contributed by atoms with E-state index in [9.17, 15) is 22.8 Å². The Morgan fingerprint density at radius 3 is 2.35 bits per heavy atom. The van der Waals surface area contributed by atoms with E-state index in [0.29, 0.717) is 43.1 Å². The molecular formula is C22H20ClF3N2O2S. The van der Waals surface area contributed by atoms with Gasteiger partial charge in [-0.1, -0.05) is 29.8 Å². The second kappa shape index (κ2) is 8.39. The van der Waals surface area contributed by atoms with Crippen molar-refractivity contribution < 1.29 is 22.8 Å². The molecule has 0 aromatic heterocycles. The molecule has 4 rings (SSSR count). The van der Waals surface area contributed by atoms with Crippen molar-refractivity contribution in [1.29, 1.82) is 0 Å². The highest BCUT2D eigenvalue weighted by molar-refractivity contribution is 8.00. The fourth-order valence-electron chi connectivity index (χ4n) is 4.16. The van der Waals surface area contributed by atoms with Crippen molar-refractivity contribution in [3.05, 3.63) is 70.2 Å². The number of hydrogen-bond donors (Lipinski definition) is 0. The fraction of sp³-hybridized carbons (Fsp3) is 0.364. The van der Waals surface area contributed by atoms with E-state index in [-0.39, 0.29) is 11.5 Å². The van der Waals surface area contributed by atoms with Crippen LogP contribution >= 0.6 is 23.4 Å². The number of rotatable bonds is 2. The van der Waals surface area contributed by atoms with Crippen molar-refractivity contribution >= 4 is 35.2 Å². The van der Waals surface area contributed by atoms with E-state index < -0.39 is 22.5 Å². The van der Waals surface area contributed by atoms with Gasteiger partial charge in [0.1, 0.15) is 0 Å². The SMILES string of the molecule is O=C(c1cccc(C(F)(F)F)c1)N1CCC2(CC1)SCCN2C(=O)c1ccccc1Cl. The normalized spacial score (nSPS) is 18.5. The van der Waals surface area contributed by atoms with Gasteiger partial charge in [-0.3, -0.25) is 9.59 Å². The zero-order valence-corrected chi connectivity index (χ0v) is 18.1. The van der Waals surface area contributed by atoms with Gasteiger partial charge >= 0.3 is 6.18 Å². The molecule has 2 fully saturated rings. The van der Waals surface area contributed by atoms with Gasteiger partial charge in [0.15, 0.2) is 0 Å². The third-order valence-electron chi connectivity index (χ3n) is 5.80. The lowest BCUT2D eigenvalue weighted by Gasteiger charge is -2.44. The summed E-state index contributed by atoms with van der Waals surface area (Å²) >= 11 is 7.91. The summed E-state index contributed by atoms with van der Waals surface area (Å²) in [5.74, 6) is 0.235. The minimum atomic E-state index is -4.50. The first-order valence-electron chi connectivity index (χ1n) is 9.88. The minimum Gasteiger partial charge on any atom is -0.338 e. The van der Waals surface area contributed by atoms with Crippen molar-refractivity contribution in [3.8, 4) is 0 Å². The van der Waals surface area contributed by atoms with Crippen LogP contribution in [-0.2, 0) is 6.18 Å². The molecule has 0 N–H and O–H groups in total. The van der Waals surface area contributed by atoms with Crippen molar-refractivity contribution in [2.45, 2.75) is 23.9 Å². The molecule has 0 atom stereocenters. The zero-order chi connectivity index (χ0) is 22.2. The Morgan fingerprint density at radius 2 is 1.68 bits per heavy atom. The van der Waals surface area contributed by atoms with Gasteiger partial charge in [-0.25, -0.2) is 0 Å². The lowest BCUT2D eigenvalue weighted by atomic mass is 9.99. The number of alkyl halides is 3. The third-order valence-corrected chi connectivity index (χ3v) is 7.68. The topological polar surface area (TPSA) is 40.6 Å². The van der Waals surface area contributed by atoms with Crippen molar-refractivity contribution in [2.24, 2.45) is 0 Å². The van der Waals surface area contributed by atoms with Crippen LogP contribution in [0.1, 0.15) is 39.1 Å². The molecule has 164 valence electrons. The average Bonchev–Trinajstić information content (AvgIpc) is 3.16. The van der Waals surface area contributed by atoms with Gasteiger partial charge in [-0.2, -0.15) is 13.2 Å². The monoisotopic (exact) mass is 468 g/mol. The van der Waals surface area contributed by atoms with E-state index >= 15 is 0 Å². The third kappa shape index (κ3) is 4.28. The maximum atomic E-state index is 13.2. The Labute approximate surface area is 187 Å². The van der Waals surface area contributed by atoms with Crippen molar-refractivity contribution in [1.82, 2.24) is 9.80 Å². The van der Waals surface area contributed by atoms with Crippen LogP contribution in [0.2, 0.25) is 5.02 Å². The van der Waals surface area contributed by atoms with Crippen LogP contribution in [0, 0.1) is 0 Å². The molecule has 31 heavy (non-hydrogen) atoms. The Morgan fingerprint density at radius 1 is 0.968 bits per heavy atom. The number of benzene rings is 2. The van der Waals surface area contributed by atoms with Crippen molar-refractivity contribution in [3.63, 3.8) is 0 Å². The minimum absolute atomic E-state index is 0.0221. The van der Waals surface area contributed by atoms with E-state index in [1.807, 2.05) is 4.90 Å². The summed E-state index contributed by atoms with van der Waals surface area (Å²) in [5.41, 5.74) is -0.364. The standard InChI is InChI=1S/C22H20ClF3N2O2S/c23-18-7-2-1-6-17(18)20(30)28-12-13-31-21(28)8-10-27(11-9-21)19(29)15-4-3-5-16(14-15)22(24,25)26/h1-7,14H,8-13H2. The second-order valence-corrected chi connectivity index (χ2v) is 9.47. The summed E-state index contributed by atoms with van der Waals surface area (Å²) in [6.45, 7) is 1.33. The number of carbonyl (C=O) groups is 2. The van der Waals surface area contributed by atoms with Crippen LogP contribution in [0.25, 0.3) is 0 Å². The molecule has 0 radical (unpaired) electrons. The van der Waals surface area contributed by atoms with E-state index in [1.54, 1.807) is 40.9 Å². The lowest BCUT2D eigenvalue weighted by molar-refractivity contribution is -0.137. The first-order valence-corrected chi connectivity index (χ1v) is 11.2. The number of likely N-dealkylation sites (tertiary alicyclic amines) is 1. The van der Waals surface area contributed by atoms with Gasteiger partial charge in [0.05, 0.1) is 21.0 Å². The Balaban J connectivity index is 1.48. The molecule has 0 bridgehead atoms. The fourth-order valence-corrected chi connectivity index (χ4v) is 5.83. The highest BCUT2D eigenvalue weighted by atomic mass is 35.5. The smallest absolute Gasteiger partial charge is 0.338 e. The number of halogens is 4. The second-order valence-electron chi connectivity index (χ2n) is 7.60. The highest BCUT2D eigenvalue weighted by Crippen LogP contribution is 2.45. The van der Waals surface area contributed by atoms with E-state index in [0.717, 1.165) is 17.9 Å². The molecule has 1 spiro atoms. The van der Waals surface area contributed by atoms with Gasteiger partial charge < -0.3 is 9.80 Å². The largest absolute Gasteiger partial charge is 0.416 e. The van der Waals surface area contributed by atoms with Gasteiger partial charge in [-0.15, -0.1) is 11.8 Å². The molecule has 2 amide bonds. The first-order chi connectivity index (χ1) is 14.7. The summed E-state index contributed by atoms with van der Waals surface area (Å²) in [5, 5.41) is 0.400. The van der Waals surface area contributed by atoms with E-state index in [4.69, 9.17) is 11.6 Å². The molecule has 2 heterocycles. The molecule has 2 aromatic rings. The predicted octanol–water partition coefficient (Wildman–Crippen LogP) is 5.18. The molecule has 0 unspecified atom stereocenters. The van der Waals surface area contributed by atoms with Crippen LogP contribution in [0.15, 0.2) is 48.5 Å². The summed E-state index contributed by atoms with van der Waals surface area (Å²) < 4.78 is 39.0. The molecule has 2 saturated heterocycles. The molecule has 4 nitrogen and oxygen atoms in total. The van der Waals surface area contributed by atoms with Gasteiger partial charge in [0, 0.05) is 31.0 Å². The highest BCUT2D eigenvalue weighted by Gasteiger charge is 2.47. The summed E-state index contributed by atoms with van der Waals surface area (Å²) in [6.07, 6.45) is -3.39. The molecule has 9 heteroatoms. The number of piperidine rings is 1. The molecule has 2 aliphatic rings. The maximum absolute atomic E-state index is 13.2. The number of thioether (sulfide) groups is 1. The Bertz CT molecular complexity index is 1010. The van der Waals surface area contributed by atoms with Crippen LogP contribution < -0.4 is 0 Å². The zero-order valence-electron chi connectivity index (χ0n) is 16.5. The molecule has 2 aliphatic heterocycles. The average molecular weight is 469 g/mol. The van der Waals surface area contributed by atoms with Crippen LogP contribution in [0.4, 0.5) is 13.2 Å².